The summed E-state index contributed by atoms with van der Waals surface area (Å²) in [5, 5.41) is 5.09. The van der Waals surface area contributed by atoms with E-state index in [0.717, 1.165) is 37.2 Å². The van der Waals surface area contributed by atoms with Gasteiger partial charge in [0.2, 0.25) is 0 Å². The fourth-order valence-electron chi connectivity index (χ4n) is 4.69. The first kappa shape index (κ1) is 27.9. The number of carbonyl (C=O) groups is 1. The van der Waals surface area contributed by atoms with Crippen LogP contribution in [0.2, 0.25) is 0 Å². The van der Waals surface area contributed by atoms with E-state index >= 15 is 0 Å². The van der Waals surface area contributed by atoms with E-state index in [0.29, 0.717) is 23.4 Å². The standard InChI is InChI=1S/C27H37N5O5S/c1-6-32(38(34,35)22-13-10-19(11-14-22)29-26(33)28-4)20-12-15-24-23(17-20)30-25(27(2,3)36-5)31(24)18-21-9-7-8-16-37-21/h10-15,17,21H,6-9,16,18H2,1-5H3,(H2,28,29,33). The number of nitrogens with zero attached hydrogens (tertiary/aromatic N) is 3. The second-order valence-electron chi connectivity index (χ2n) is 9.82. The van der Waals surface area contributed by atoms with Crippen LogP contribution in [-0.2, 0) is 31.6 Å². The number of anilines is 2. The molecular weight excluding hydrogens is 506 g/mol. The predicted octanol–water partition coefficient (Wildman–Crippen LogP) is 4.45. The Labute approximate surface area is 224 Å². The number of hydrogen-bond acceptors (Lipinski definition) is 6. The molecule has 0 saturated carbocycles. The van der Waals surface area contributed by atoms with E-state index in [9.17, 15) is 13.2 Å². The molecule has 1 aliphatic heterocycles. The highest BCUT2D eigenvalue weighted by Gasteiger charge is 2.30. The summed E-state index contributed by atoms with van der Waals surface area (Å²) >= 11 is 0. The van der Waals surface area contributed by atoms with Crippen LogP contribution < -0.4 is 14.9 Å². The number of aromatic nitrogens is 2. The minimum absolute atomic E-state index is 0.0978. The molecule has 206 valence electrons. The smallest absolute Gasteiger partial charge is 0.318 e. The maximum Gasteiger partial charge on any atom is 0.318 e. The summed E-state index contributed by atoms with van der Waals surface area (Å²) in [5.41, 5.74) is 1.97. The van der Waals surface area contributed by atoms with Crippen LogP contribution in [0.3, 0.4) is 0 Å². The number of methoxy groups -OCH3 is 1. The number of nitrogens with one attached hydrogen (secondary N) is 2. The Morgan fingerprint density at radius 3 is 2.55 bits per heavy atom. The number of benzene rings is 2. The molecule has 0 bridgehead atoms. The molecule has 1 saturated heterocycles. The Hall–Kier alpha value is -3.15. The van der Waals surface area contributed by atoms with Crippen LogP contribution >= 0.6 is 0 Å². The third-order valence-corrected chi connectivity index (χ3v) is 8.86. The zero-order valence-corrected chi connectivity index (χ0v) is 23.5. The highest BCUT2D eigenvalue weighted by molar-refractivity contribution is 7.92. The number of hydrogen-bond donors (Lipinski definition) is 2. The van der Waals surface area contributed by atoms with E-state index < -0.39 is 15.6 Å². The van der Waals surface area contributed by atoms with Crippen molar-refractivity contribution in [2.45, 2.75) is 63.2 Å². The van der Waals surface area contributed by atoms with Crippen LogP contribution in [0, 0.1) is 0 Å². The quantitative estimate of drug-likeness (QED) is 0.412. The molecule has 2 heterocycles. The van der Waals surface area contributed by atoms with E-state index in [1.807, 2.05) is 32.0 Å². The van der Waals surface area contributed by atoms with E-state index in [4.69, 9.17) is 14.5 Å². The maximum absolute atomic E-state index is 13.6. The van der Waals surface area contributed by atoms with Crippen molar-refractivity contribution >= 4 is 38.5 Å². The summed E-state index contributed by atoms with van der Waals surface area (Å²) in [5.74, 6) is 0.770. The van der Waals surface area contributed by atoms with Crippen molar-refractivity contribution in [3.63, 3.8) is 0 Å². The van der Waals surface area contributed by atoms with Gasteiger partial charge < -0.3 is 24.7 Å². The normalized spacial score (nSPS) is 16.4. The topological polar surface area (TPSA) is 115 Å². The van der Waals surface area contributed by atoms with Gasteiger partial charge in [0.15, 0.2) is 0 Å². The number of imidazole rings is 1. The average Bonchev–Trinajstić information content (AvgIpc) is 3.28. The molecule has 4 rings (SSSR count). The Morgan fingerprint density at radius 1 is 1.21 bits per heavy atom. The van der Waals surface area contributed by atoms with Gasteiger partial charge in [0.25, 0.3) is 10.0 Å². The van der Waals surface area contributed by atoms with E-state index in [1.165, 1.54) is 23.5 Å². The van der Waals surface area contributed by atoms with Crippen molar-refractivity contribution in [3.8, 4) is 0 Å². The monoisotopic (exact) mass is 543 g/mol. The number of urea groups is 1. The van der Waals surface area contributed by atoms with Crippen molar-refractivity contribution in [1.82, 2.24) is 14.9 Å². The molecule has 1 unspecified atom stereocenters. The van der Waals surface area contributed by atoms with Gasteiger partial charge in [-0.25, -0.2) is 18.2 Å². The second kappa shape index (κ2) is 11.3. The van der Waals surface area contributed by atoms with Crippen LogP contribution in [0.4, 0.5) is 16.2 Å². The third kappa shape index (κ3) is 5.64. The summed E-state index contributed by atoms with van der Waals surface area (Å²) in [6.07, 6.45) is 3.30. The van der Waals surface area contributed by atoms with Gasteiger partial charge in [0, 0.05) is 33.0 Å². The molecule has 0 aliphatic carbocycles. The van der Waals surface area contributed by atoms with Crippen molar-refractivity contribution in [3.05, 3.63) is 48.3 Å². The van der Waals surface area contributed by atoms with Crippen LogP contribution in [0.15, 0.2) is 47.4 Å². The number of fused-ring (bicyclic) bond motifs is 1. The minimum Gasteiger partial charge on any atom is -0.376 e. The lowest BCUT2D eigenvalue weighted by Gasteiger charge is -2.28. The van der Waals surface area contributed by atoms with Crippen LogP contribution in [0.25, 0.3) is 11.0 Å². The first-order chi connectivity index (χ1) is 18.1. The van der Waals surface area contributed by atoms with Gasteiger partial charge in [-0.1, -0.05) is 0 Å². The molecular formula is C27H37N5O5S. The number of amides is 2. The van der Waals surface area contributed by atoms with Gasteiger partial charge in [-0.15, -0.1) is 0 Å². The SMILES string of the molecule is CCN(c1ccc2c(c1)nc(C(C)(C)OC)n2CC1CCCCO1)S(=O)(=O)c1ccc(NC(=O)NC)cc1. The number of carbonyl (C=O) groups excluding carboxylic acids is 1. The van der Waals surface area contributed by atoms with E-state index in [-0.39, 0.29) is 23.6 Å². The van der Waals surface area contributed by atoms with Crippen molar-refractivity contribution in [1.29, 1.82) is 0 Å². The van der Waals surface area contributed by atoms with E-state index in [2.05, 4.69) is 15.2 Å². The Kier molecular flexibility index (Phi) is 8.29. The largest absolute Gasteiger partial charge is 0.376 e. The minimum atomic E-state index is -3.86. The molecule has 1 aromatic heterocycles. The Morgan fingerprint density at radius 2 is 1.95 bits per heavy atom. The number of rotatable bonds is 9. The van der Waals surface area contributed by atoms with Crippen molar-refractivity contribution in [2.24, 2.45) is 0 Å². The summed E-state index contributed by atoms with van der Waals surface area (Å²) in [7, 11) is -0.687. The lowest BCUT2D eigenvalue weighted by Crippen LogP contribution is -2.31. The van der Waals surface area contributed by atoms with Gasteiger partial charge in [-0.2, -0.15) is 0 Å². The number of ether oxygens (including phenoxy) is 2. The summed E-state index contributed by atoms with van der Waals surface area (Å²) in [6.45, 7) is 7.39. The molecule has 1 atom stereocenters. The van der Waals surface area contributed by atoms with Gasteiger partial charge in [0.05, 0.1) is 34.3 Å². The summed E-state index contributed by atoms with van der Waals surface area (Å²) in [4.78, 5) is 16.6. The van der Waals surface area contributed by atoms with Gasteiger partial charge >= 0.3 is 6.03 Å². The maximum atomic E-state index is 13.6. The average molecular weight is 544 g/mol. The number of sulfonamides is 1. The molecule has 2 N–H and O–H groups in total. The molecule has 0 spiro atoms. The molecule has 2 amide bonds. The summed E-state index contributed by atoms with van der Waals surface area (Å²) < 4.78 is 42.5. The van der Waals surface area contributed by atoms with Crippen LogP contribution in [0.5, 0.6) is 0 Å². The lowest BCUT2D eigenvalue weighted by atomic mass is 10.1. The predicted molar refractivity (Wildman–Crippen MR) is 148 cm³/mol. The molecule has 10 nitrogen and oxygen atoms in total. The zero-order valence-electron chi connectivity index (χ0n) is 22.7. The molecule has 2 aromatic carbocycles. The van der Waals surface area contributed by atoms with Crippen LogP contribution in [-0.4, -0.2) is 57.4 Å². The van der Waals surface area contributed by atoms with Gasteiger partial charge in [0.1, 0.15) is 11.4 Å². The van der Waals surface area contributed by atoms with Crippen molar-refractivity contribution < 1.29 is 22.7 Å². The highest BCUT2D eigenvalue weighted by atomic mass is 32.2. The summed E-state index contributed by atoms with van der Waals surface area (Å²) in [6, 6.07) is 11.3. The highest BCUT2D eigenvalue weighted by Crippen LogP contribution is 2.32. The Balaban J connectivity index is 1.70. The first-order valence-electron chi connectivity index (χ1n) is 12.9. The van der Waals surface area contributed by atoms with Gasteiger partial charge in [-0.3, -0.25) is 4.31 Å². The molecule has 1 fully saturated rings. The van der Waals surface area contributed by atoms with Crippen molar-refractivity contribution in [2.75, 3.05) is 36.9 Å². The molecule has 1 aliphatic rings. The Bertz CT molecular complexity index is 1380. The molecule has 38 heavy (non-hydrogen) atoms. The van der Waals surface area contributed by atoms with E-state index in [1.54, 1.807) is 26.2 Å². The fourth-order valence-corrected chi connectivity index (χ4v) is 6.15. The zero-order chi connectivity index (χ0) is 27.5. The lowest BCUT2D eigenvalue weighted by molar-refractivity contribution is -0.00755. The molecule has 3 aromatic rings. The first-order valence-corrected chi connectivity index (χ1v) is 14.3. The van der Waals surface area contributed by atoms with Gasteiger partial charge in [-0.05, 0) is 82.5 Å². The molecule has 0 radical (unpaired) electrons. The fraction of sp³-hybridized carbons (Fsp3) is 0.481. The third-order valence-electron chi connectivity index (χ3n) is 6.94. The molecule has 11 heteroatoms. The second-order valence-corrected chi connectivity index (χ2v) is 11.7. The van der Waals surface area contributed by atoms with Crippen LogP contribution in [0.1, 0.15) is 45.9 Å².